The standard InChI is InChI=1S/C28H26N6O/c1-31(2)14-20-15-33(16-20)28(35)22-7-8-25-24(11-22)18-32-17-23(21-5-3-19(13-29)4-6-21)12-26(32)27-30-9-10-34(25)27/h3-12,17,20H,14-16,18H2,1-2H3. The lowest BCUT2D eigenvalue weighted by atomic mass is 9.97. The number of amides is 1. The van der Waals surface area contributed by atoms with Gasteiger partial charge in [0.05, 0.1) is 23.0 Å². The molecular weight excluding hydrogens is 436 g/mol. The monoisotopic (exact) mass is 462 g/mol. The van der Waals surface area contributed by atoms with Crippen LogP contribution >= 0.6 is 0 Å². The van der Waals surface area contributed by atoms with Crippen LogP contribution < -0.4 is 0 Å². The number of rotatable bonds is 4. The Morgan fingerprint density at radius 1 is 1.11 bits per heavy atom. The van der Waals surface area contributed by atoms with E-state index in [0.717, 1.165) is 59.1 Å². The quantitative estimate of drug-likeness (QED) is 0.407. The predicted molar refractivity (Wildman–Crippen MR) is 134 cm³/mol. The fourth-order valence-corrected chi connectivity index (χ4v) is 5.22. The number of likely N-dealkylation sites (tertiary alicyclic amines) is 1. The van der Waals surface area contributed by atoms with Crippen LogP contribution in [0.25, 0.3) is 28.3 Å². The zero-order valence-corrected chi connectivity index (χ0v) is 19.8. The third kappa shape index (κ3) is 3.72. The topological polar surface area (TPSA) is 70.1 Å². The molecule has 1 fully saturated rings. The van der Waals surface area contributed by atoms with Gasteiger partial charge in [-0.05, 0) is 61.6 Å². The van der Waals surface area contributed by atoms with Gasteiger partial charge < -0.3 is 14.4 Å². The third-order valence-corrected chi connectivity index (χ3v) is 6.91. The Labute approximate surface area is 204 Å². The van der Waals surface area contributed by atoms with E-state index in [4.69, 9.17) is 5.26 Å². The molecule has 7 heteroatoms. The molecule has 174 valence electrons. The van der Waals surface area contributed by atoms with E-state index in [1.807, 2.05) is 59.8 Å². The van der Waals surface area contributed by atoms with Crippen LogP contribution in [0, 0.1) is 17.2 Å². The summed E-state index contributed by atoms with van der Waals surface area (Å²) in [5, 5.41) is 9.11. The van der Waals surface area contributed by atoms with Crippen molar-refractivity contribution in [3.05, 3.63) is 83.8 Å². The first-order valence-electron chi connectivity index (χ1n) is 11.8. The summed E-state index contributed by atoms with van der Waals surface area (Å²) < 4.78 is 4.30. The second-order valence-electron chi connectivity index (χ2n) is 9.73. The van der Waals surface area contributed by atoms with Gasteiger partial charge in [-0.15, -0.1) is 0 Å². The summed E-state index contributed by atoms with van der Waals surface area (Å²) in [6, 6.07) is 18.0. The molecule has 1 amide bonds. The molecule has 0 spiro atoms. The molecule has 0 N–H and O–H groups in total. The highest BCUT2D eigenvalue weighted by Crippen LogP contribution is 2.34. The van der Waals surface area contributed by atoms with Crippen LogP contribution in [0.3, 0.4) is 0 Å². The SMILES string of the molecule is CN(C)CC1CN(C(=O)c2ccc3c(c2)Cn2cc(-c4ccc(C#N)cc4)cc2-c2nccn2-3)C1. The van der Waals surface area contributed by atoms with E-state index < -0.39 is 0 Å². The van der Waals surface area contributed by atoms with Crippen LogP contribution in [0.4, 0.5) is 0 Å². The number of nitrogens with zero attached hydrogens (tertiary/aromatic N) is 6. The molecule has 4 aromatic rings. The number of fused-ring (bicyclic) bond motifs is 5. The van der Waals surface area contributed by atoms with E-state index in [1.165, 1.54) is 0 Å². The summed E-state index contributed by atoms with van der Waals surface area (Å²) in [4.78, 5) is 22.0. The Hall–Kier alpha value is -4.15. The van der Waals surface area contributed by atoms with Crippen molar-refractivity contribution >= 4 is 5.91 Å². The first kappa shape index (κ1) is 21.4. The highest BCUT2D eigenvalue weighted by molar-refractivity contribution is 5.95. The first-order valence-corrected chi connectivity index (χ1v) is 11.8. The van der Waals surface area contributed by atoms with Crippen LogP contribution in [0.5, 0.6) is 0 Å². The molecule has 35 heavy (non-hydrogen) atoms. The summed E-state index contributed by atoms with van der Waals surface area (Å²) in [5.41, 5.74) is 6.66. The summed E-state index contributed by atoms with van der Waals surface area (Å²) in [6.07, 6.45) is 5.91. The van der Waals surface area contributed by atoms with E-state index >= 15 is 0 Å². The number of imidazole rings is 1. The van der Waals surface area contributed by atoms with Crippen LogP contribution in [-0.4, -0.2) is 63.6 Å². The molecule has 1 saturated heterocycles. The number of benzene rings is 2. The molecule has 0 saturated carbocycles. The number of nitriles is 1. The average Bonchev–Trinajstić information content (AvgIpc) is 3.45. The van der Waals surface area contributed by atoms with Gasteiger partial charge in [-0.25, -0.2) is 4.98 Å². The van der Waals surface area contributed by atoms with Crippen molar-refractivity contribution in [3.8, 4) is 34.4 Å². The van der Waals surface area contributed by atoms with Crippen molar-refractivity contribution in [1.82, 2.24) is 23.9 Å². The van der Waals surface area contributed by atoms with E-state index in [1.54, 1.807) is 0 Å². The average molecular weight is 463 g/mol. The summed E-state index contributed by atoms with van der Waals surface area (Å²) >= 11 is 0. The van der Waals surface area contributed by atoms with Gasteiger partial charge in [-0.3, -0.25) is 9.36 Å². The molecule has 2 aliphatic rings. The molecule has 2 aliphatic heterocycles. The lowest BCUT2D eigenvalue weighted by Crippen LogP contribution is -2.53. The molecule has 7 nitrogen and oxygen atoms in total. The smallest absolute Gasteiger partial charge is 0.253 e. The molecule has 0 aliphatic carbocycles. The molecule has 2 aromatic carbocycles. The van der Waals surface area contributed by atoms with Crippen molar-refractivity contribution < 1.29 is 4.79 Å². The maximum Gasteiger partial charge on any atom is 0.253 e. The number of carbonyl (C=O) groups excluding carboxylic acids is 1. The largest absolute Gasteiger partial charge is 0.340 e. The summed E-state index contributed by atoms with van der Waals surface area (Å²) in [6.45, 7) is 3.29. The summed E-state index contributed by atoms with van der Waals surface area (Å²) in [7, 11) is 4.15. The predicted octanol–water partition coefficient (Wildman–Crippen LogP) is 3.87. The van der Waals surface area contributed by atoms with Crippen molar-refractivity contribution in [2.45, 2.75) is 6.54 Å². The van der Waals surface area contributed by atoms with Crippen LogP contribution in [0.2, 0.25) is 0 Å². The second-order valence-corrected chi connectivity index (χ2v) is 9.73. The van der Waals surface area contributed by atoms with Gasteiger partial charge in [0.1, 0.15) is 0 Å². The zero-order chi connectivity index (χ0) is 24.1. The zero-order valence-electron chi connectivity index (χ0n) is 19.8. The van der Waals surface area contributed by atoms with Crippen LogP contribution in [-0.2, 0) is 6.54 Å². The Kier molecular flexibility index (Phi) is 5.05. The molecule has 0 bridgehead atoms. The van der Waals surface area contributed by atoms with Crippen LogP contribution in [0.15, 0.2) is 67.1 Å². The van der Waals surface area contributed by atoms with E-state index in [2.05, 4.69) is 51.4 Å². The second kappa shape index (κ2) is 8.26. The normalized spacial score (nSPS) is 14.5. The van der Waals surface area contributed by atoms with E-state index in [-0.39, 0.29) is 5.91 Å². The Morgan fingerprint density at radius 2 is 1.91 bits per heavy atom. The highest BCUT2D eigenvalue weighted by Gasteiger charge is 2.32. The lowest BCUT2D eigenvalue weighted by Gasteiger charge is -2.40. The van der Waals surface area contributed by atoms with Crippen molar-refractivity contribution in [1.29, 1.82) is 5.26 Å². The molecule has 0 unspecified atom stereocenters. The van der Waals surface area contributed by atoms with E-state index in [9.17, 15) is 4.79 Å². The fraction of sp³-hybridized carbons (Fsp3) is 0.250. The van der Waals surface area contributed by atoms with Gasteiger partial charge in [0.15, 0.2) is 5.82 Å². The third-order valence-electron chi connectivity index (χ3n) is 6.91. The van der Waals surface area contributed by atoms with Crippen molar-refractivity contribution in [2.24, 2.45) is 5.92 Å². The Balaban J connectivity index is 1.33. The van der Waals surface area contributed by atoms with Gasteiger partial charge >= 0.3 is 0 Å². The molecule has 4 heterocycles. The fourth-order valence-electron chi connectivity index (χ4n) is 5.22. The Bertz CT molecular complexity index is 1460. The number of carbonyl (C=O) groups is 1. The van der Waals surface area contributed by atoms with E-state index in [0.29, 0.717) is 18.0 Å². The molecule has 0 atom stereocenters. The highest BCUT2D eigenvalue weighted by atomic mass is 16.2. The van der Waals surface area contributed by atoms with Crippen molar-refractivity contribution in [2.75, 3.05) is 33.7 Å². The van der Waals surface area contributed by atoms with Crippen LogP contribution in [0.1, 0.15) is 21.5 Å². The number of hydrogen-bond donors (Lipinski definition) is 0. The minimum Gasteiger partial charge on any atom is -0.340 e. The number of hydrogen-bond acceptors (Lipinski definition) is 4. The maximum atomic E-state index is 13.2. The minimum atomic E-state index is 0.101. The first-order chi connectivity index (χ1) is 17.0. The molecular formula is C28H26N6O. The maximum absolute atomic E-state index is 13.2. The molecule has 6 rings (SSSR count). The number of aromatic nitrogens is 3. The minimum absolute atomic E-state index is 0.101. The molecule has 2 aromatic heterocycles. The van der Waals surface area contributed by atoms with Gasteiger partial charge in [0.25, 0.3) is 5.91 Å². The van der Waals surface area contributed by atoms with Gasteiger partial charge in [0.2, 0.25) is 0 Å². The van der Waals surface area contributed by atoms with Gasteiger partial charge in [0, 0.05) is 61.8 Å². The van der Waals surface area contributed by atoms with Gasteiger partial charge in [-0.1, -0.05) is 12.1 Å². The molecule has 0 radical (unpaired) electrons. The van der Waals surface area contributed by atoms with Crippen molar-refractivity contribution in [3.63, 3.8) is 0 Å². The van der Waals surface area contributed by atoms with Gasteiger partial charge in [-0.2, -0.15) is 5.26 Å². The summed E-state index contributed by atoms with van der Waals surface area (Å²) in [5.74, 6) is 1.52. The Morgan fingerprint density at radius 3 is 2.66 bits per heavy atom. The lowest BCUT2D eigenvalue weighted by molar-refractivity contribution is 0.0450.